The summed E-state index contributed by atoms with van der Waals surface area (Å²) in [6.45, 7) is 3.38. The van der Waals surface area contributed by atoms with Crippen molar-refractivity contribution in [3.05, 3.63) is 59.9 Å². The van der Waals surface area contributed by atoms with Gasteiger partial charge in [-0.05, 0) is 19.1 Å². The molecule has 0 saturated carbocycles. The summed E-state index contributed by atoms with van der Waals surface area (Å²) < 4.78 is 5.51. The SMILES string of the molecule is Cc1nccc(CNCc2coc3ccccc23)n1. The first-order chi connectivity index (χ1) is 9.33. The number of aryl methyl sites for hydroxylation is 1. The van der Waals surface area contributed by atoms with Gasteiger partial charge in [0.1, 0.15) is 11.4 Å². The second-order valence-corrected chi connectivity index (χ2v) is 4.46. The van der Waals surface area contributed by atoms with Gasteiger partial charge < -0.3 is 9.73 Å². The zero-order chi connectivity index (χ0) is 13.1. The van der Waals surface area contributed by atoms with Crippen LogP contribution >= 0.6 is 0 Å². The largest absolute Gasteiger partial charge is 0.464 e. The van der Waals surface area contributed by atoms with E-state index in [0.29, 0.717) is 0 Å². The predicted molar refractivity (Wildman–Crippen MR) is 73.5 cm³/mol. The normalized spacial score (nSPS) is 11.0. The molecule has 0 fully saturated rings. The minimum Gasteiger partial charge on any atom is -0.464 e. The van der Waals surface area contributed by atoms with E-state index < -0.39 is 0 Å². The molecule has 96 valence electrons. The van der Waals surface area contributed by atoms with E-state index in [9.17, 15) is 0 Å². The molecule has 1 aromatic carbocycles. The molecule has 1 N–H and O–H groups in total. The standard InChI is InChI=1S/C15H15N3O/c1-11-17-7-6-13(18-11)9-16-8-12-10-19-15-5-3-2-4-14(12)15/h2-7,10,16H,8-9H2,1H3. The van der Waals surface area contributed by atoms with Crippen molar-refractivity contribution >= 4 is 11.0 Å². The molecule has 0 aliphatic rings. The van der Waals surface area contributed by atoms with Gasteiger partial charge in [-0.3, -0.25) is 0 Å². The molecule has 4 heteroatoms. The van der Waals surface area contributed by atoms with Crippen molar-refractivity contribution in [1.82, 2.24) is 15.3 Å². The molecule has 3 rings (SSSR count). The quantitative estimate of drug-likeness (QED) is 0.776. The van der Waals surface area contributed by atoms with Crippen molar-refractivity contribution in [1.29, 1.82) is 0 Å². The summed E-state index contributed by atoms with van der Waals surface area (Å²) in [4.78, 5) is 8.44. The minimum absolute atomic E-state index is 0.725. The summed E-state index contributed by atoms with van der Waals surface area (Å²) in [6, 6.07) is 9.98. The highest BCUT2D eigenvalue weighted by Crippen LogP contribution is 2.20. The lowest BCUT2D eigenvalue weighted by Gasteiger charge is -2.03. The summed E-state index contributed by atoms with van der Waals surface area (Å²) >= 11 is 0. The van der Waals surface area contributed by atoms with Crippen molar-refractivity contribution in [2.75, 3.05) is 0 Å². The van der Waals surface area contributed by atoms with Crippen molar-refractivity contribution < 1.29 is 4.42 Å². The number of aromatic nitrogens is 2. The highest BCUT2D eigenvalue weighted by atomic mass is 16.3. The van der Waals surface area contributed by atoms with E-state index in [4.69, 9.17) is 4.42 Å². The Morgan fingerprint density at radius 2 is 2.05 bits per heavy atom. The summed E-state index contributed by atoms with van der Waals surface area (Å²) in [5.41, 5.74) is 3.10. The smallest absolute Gasteiger partial charge is 0.134 e. The van der Waals surface area contributed by atoms with Gasteiger partial charge in [0.15, 0.2) is 0 Å². The molecular weight excluding hydrogens is 238 g/mol. The van der Waals surface area contributed by atoms with Gasteiger partial charge in [-0.25, -0.2) is 9.97 Å². The summed E-state index contributed by atoms with van der Waals surface area (Å²) in [5.74, 6) is 0.799. The maximum Gasteiger partial charge on any atom is 0.134 e. The molecule has 0 aliphatic heterocycles. The van der Waals surface area contributed by atoms with Crippen LogP contribution < -0.4 is 5.32 Å². The first-order valence-electron chi connectivity index (χ1n) is 6.27. The molecule has 3 aromatic rings. The molecule has 0 atom stereocenters. The molecule has 0 unspecified atom stereocenters. The number of hydrogen-bond acceptors (Lipinski definition) is 4. The lowest BCUT2D eigenvalue weighted by atomic mass is 10.2. The third-order valence-corrected chi connectivity index (χ3v) is 3.02. The third-order valence-electron chi connectivity index (χ3n) is 3.02. The Morgan fingerprint density at radius 1 is 1.16 bits per heavy atom. The second-order valence-electron chi connectivity index (χ2n) is 4.46. The number of nitrogens with one attached hydrogen (secondary N) is 1. The summed E-state index contributed by atoms with van der Waals surface area (Å²) in [6.07, 6.45) is 3.59. The van der Waals surface area contributed by atoms with Crippen LogP contribution in [0, 0.1) is 6.92 Å². The maximum atomic E-state index is 5.51. The summed E-state index contributed by atoms with van der Waals surface area (Å²) in [5, 5.41) is 4.53. The van der Waals surface area contributed by atoms with E-state index in [-0.39, 0.29) is 0 Å². The lowest BCUT2D eigenvalue weighted by molar-refractivity contribution is 0.600. The number of benzene rings is 1. The highest BCUT2D eigenvalue weighted by Gasteiger charge is 2.04. The Kier molecular flexibility index (Phi) is 3.25. The van der Waals surface area contributed by atoms with E-state index in [0.717, 1.165) is 35.6 Å². The van der Waals surface area contributed by atoms with Crippen molar-refractivity contribution in [3.63, 3.8) is 0 Å². The number of nitrogens with zero attached hydrogens (tertiary/aromatic N) is 2. The van der Waals surface area contributed by atoms with Crippen LogP contribution in [0.2, 0.25) is 0 Å². The van der Waals surface area contributed by atoms with Crippen LogP contribution in [-0.2, 0) is 13.1 Å². The van der Waals surface area contributed by atoms with E-state index in [1.807, 2.05) is 37.5 Å². The Hall–Kier alpha value is -2.20. The fourth-order valence-electron chi connectivity index (χ4n) is 2.10. The van der Waals surface area contributed by atoms with Crippen molar-refractivity contribution in [3.8, 4) is 0 Å². The summed E-state index contributed by atoms with van der Waals surface area (Å²) in [7, 11) is 0. The maximum absolute atomic E-state index is 5.51. The fourth-order valence-corrected chi connectivity index (χ4v) is 2.10. The van der Waals surface area contributed by atoms with Crippen molar-refractivity contribution in [2.24, 2.45) is 0 Å². The van der Waals surface area contributed by atoms with Gasteiger partial charge in [0, 0.05) is 30.2 Å². The van der Waals surface area contributed by atoms with Gasteiger partial charge in [0.05, 0.1) is 12.0 Å². The third kappa shape index (κ3) is 2.63. The van der Waals surface area contributed by atoms with Crippen LogP contribution in [0.3, 0.4) is 0 Å². The fraction of sp³-hybridized carbons (Fsp3) is 0.200. The van der Waals surface area contributed by atoms with E-state index in [1.54, 1.807) is 6.20 Å². The predicted octanol–water partition coefficient (Wildman–Crippen LogP) is 2.82. The minimum atomic E-state index is 0.725. The number of fused-ring (bicyclic) bond motifs is 1. The van der Waals surface area contributed by atoms with Crippen molar-refractivity contribution in [2.45, 2.75) is 20.0 Å². The number of furan rings is 1. The highest BCUT2D eigenvalue weighted by molar-refractivity contribution is 5.80. The van der Waals surface area contributed by atoms with Crippen LogP contribution in [0.25, 0.3) is 11.0 Å². The molecule has 0 radical (unpaired) electrons. The van der Waals surface area contributed by atoms with Crippen LogP contribution in [0.15, 0.2) is 47.2 Å². The van der Waals surface area contributed by atoms with E-state index in [1.165, 1.54) is 5.56 Å². The van der Waals surface area contributed by atoms with Gasteiger partial charge >= 0.3 is 0 Å². The topological polar surface area (TPSA) is 51.0 Å². The molecule has 2 heterocycles. The Morgan fingerprint density at radius 3 is 2.95 bits per heavy atom. The van der Waals surface area contributed by atoms with Gasteiger partial charge in [-0.2, -0.15) is 0 Å². The molecule has 0 spiro atoms. The van der Waals surface area contributed by atoms with Crippen LogP contribution in [0.4, 0.5) is 0 Å². The van der Waals surface area contributed by atoms with Gasteiger partial charge in [-0.15, -0.1) is 0 Å². The zero-order valence-corrected chi connectivity index (χ0v) is 10.8. The average molecular weight is 253 g/mol. The first kappa shape index (κ1) is 11.9. The molecule has 2 aromatic heterocycles. The van der Waals surface area contributed by atoms with Gasteiger partial charge in [-0.1, -0.05) is 18.2 Å². The van der Waals surface area contributed by atoms with Gasteiger partial charge in [0.2, 0.25) is 0 Å². The molecule has 0 bridgehead atoms. The zero-order valence-electron chi connectivity index (χ0n) is 10.8. The molecule has 4 nitrogen and oxygen atoms in total. The molecular formula is C15H15N3O. The molecule has 0 saturated heterocycles. The number of rotatable bonds is 4. The first-order valence-corrected chi connectivity index (χ1v) is 6.27. The lowest BCUT2D eigenvalue weighted by Crippen LogP contribution is -2.13. The van der Waals surface area contributed by atoms with Crippen LogP contribution in [0.5, 0.6) is 0 Å². The van der Waals surface area contributed by atoms with Crippen LogP contribution in [0.1, 0.15) is 17.1 Å². The molecule has 0 aliphatic carbocycles. The van der Waals surface area contributed by atoms with E-state index in [2.05, 4.69) is 21.4 Å². The monoisotopic (exact) mass is 253 g/mol. The van der Waals surface area contributed by atoms with Crippen LogP contribution in [-0.4, -0.2) is 9.97 Å². The Bertz CT molecular complexity index is 690. The number of hydrogen-bond donors (Lipinski definition) is 1. The Labute approximate surface area is 111 Å². The molecule has 0 amide bonds. The second kappa shape index (κ2) is 5.20. The Balaban J connectivity index is 1.66. The van der Waals surface area contributed by atoms with Gasteiger partial charge in [0.25, 0.3) is 0 Å². The average Bonchev–Trinajstić information content (AvgIpc) is 2.83. The molecule has 19 heavy (non-hydrogen) atoms. The van der Waals surface area contributed by atoms with E-state index >= 15 is 0 Å². The number of para-hydroxylation sites is 1.